The topological polar surface area (TPSA) is 26.0 Å². The van der Waals surface area contributed by atoms with E-state index in [1.54, 1.807) is 0 Å². The molecule has 30 heavy (non-hydrogen) atoms. The number of para-hydroxylation sites is 1. The molecule has 1 aliphatic carbocycles. The lowest BCUT2D eigenvalue weighted by atomic mass is 9.85. The van der Waals surface area contributed by atoms with Gasteiger partial charge in [-0.2, -0.15) is 0 Å². The van der Waals surface area contributed by atoms with Crippen LogP contribution < -0.4 is 0 Å². The monoisotopic (exact) mass is 391 g/mol. The summed E-state index contributed by atoms with van der Waals surface area (Å²) in [5, 5.41) is 4.83. The molecular weight excluding hydrogens is 366 g/mol. The molecule has 0 atom stereocenters. The maximum atomic E-state index is 6.40. The molecule has 0 radical (unpaired) electrons. The molecule has 6 rings (SSSR count). The van der Waals surface area contributed by atoms with Gasteiger partial charge >= 0.3 is 0 Å². The van der Waals surface area contributed by atoms with Crippen molar-refractivity contribution in [2.45, 2.75) is 38.5 Å². The quantitative estimate of drug-likeness (QED) is 0.312. The Kier molecular flexibility index (Phi) is 4.30. The predicted molar refractivity (Wildman–Crippen MR) is 125 cm³/mol. The largest absolute Gasteiger partial charge is 0.455 e. The minimum atomic E-state index is 0.817. The molecule has 1 saturated carbocycles. The first kappa shape index (κ1) is 17.7. The van der Waals surface area contributed by atoms with Gasteiger partial charge in [0.05, 0.1) is 5.69 Å². The van der Waals surface area contributed by atoms with Gasteiger partial charge in [0.2, 0.25) is 0 Å². The maximum absolute atomic E-state index is 6.40. The standard InChI is InChI=1S/C28H25NO/c1-2-8-19(9-3-1)16-20-14-15-29-25(17-20)24-18-21-10-4-5-11-22(21)27-23-12-6-7-13-26(23)30-28(24)27/h4-7,10-15,17-19H,1-3,8-9,16H2. The molecule has 0 spiro atoms. The zero-order chi connectivity index (χ0) is 19.9. The fourth-order valence-electron chi connectivity index (χ4n) is 5.24. The number of furan rings is 1. The van der Waals surface area contributed by atoms with Crippen molar-refractivity contribution in [1.82, 2.24) is 4.98 Å². The van der Waals surface area contributed by atoms with E-state index >= 15 is 0 Å². The van der Waals surface area contributed by atoms with Crippen LogP contribution in [0.4, 0.5) is 0 Å². The summed E-state index contributed by atoms with van der Waals surface area (Å²) in [5.41, 5.74) is 5.37. The minimum Gasteiger partial charge on any atom is -0.455 e. The summed E-state index contributed by atoms with van der Waals surface area (Å²) in [7, 11) is 0. The van der Waals surface area contributed by atoms with Crippen LogP contribution in [0.5, 0.6) is 0 Å². The lowest BCUT2D eigenvalue weighted by molar-refractivity contribution is 0.356. The van der Waals surface area contributed by atoms with Crippen molar-refractivity contribution < 1.29 is 4.42 Å². The average molecular weight is 392 g/mol. The molecule has 1 fully saturated rings. The molecule has 5 aromatic rings. The molecule has 0 bridgehead atoms. The van der Waals surface area contributed by atoms with E-state index in [1.165, 1.54) is 59.2 Å². The highest BCUT2D eigenvalue weighted by atomic mass is 16.3. The molecule has 0 aliphatic heterocycles. The second kappa shape index (κ2) is 7.28. The van der Waals surface area contributed by atoms with Crippen LogP contribution >= 0.6 is 0 Å². The van der Waals surface area contributed by atoms with Gasteiger partial charge in [-0.15, -0.1) is 0 Å². The normalized spacial score (nSPS) is 15.3. The highest BCUT2D eigenvalue weighted by molar-refractivity contribution is 6.22. The number of pyridine rings is 1. The molecule has 3 aromatic carbocycles. The Morgan fingerprint density at radius 1 is 0.833 bits per heavy atom. The van der Waals surface area contributed by atoms with E-state index in [2.05, 4.69) is 60.7 Å². The number of rotatable bonds is 3. The van der Waals surface area contributed by atoms with E-state index in [-0.39, 0.29) is 0 Å². The van der Waals surface area contributed by atoms with Crippen molar-refractivity contribution in [2.75, 3.05) is 0 Å². The summed E-state index contributed by atoms with van der Waals surface area (Å²) in [4.78, 5) is 4.77. The van der Waals surface area contributed by atoms with E-state index in [4.69, 9.17) is 9.40 Å². The zero-order valence-electron chi connectivity index (χ0n) is 17.1. The molecule has 2 heteroatoms. The Balaban J connectivity index is 1.54. The Morgan fingerprint density at radius 2 is 1.63 bits per heavy atom. The van der Waals surface area contributed by atoms with Crippen LogP contribution in [0.1, 0.15) is 37.7 Å². The molecule has 2 nitrogen and oxygen atoms in total. The van der Waals surface area contributed by atoms with Gasteiger partial charge in [-0.05, 0) is 52.9 Å². The lowest BCUT2D eigenvalue weighted by Crippen LogP contribution is -2.09. The molecule has 0 N–H and O–H groups in total. The first-order valence-corrected chi connectivity index (χ1v) is 11.1. The van der Waals surface area contributed by atoms with Gasteiger partial charge in [0.25, 0.3) is 0 Å². The Morgan fingerprint density at radius 3 is 2.53 bits per heavy atom. The fraction of sp³-hybridized carbons (Fsp3) is 0.250. The second-order valence-corrected chi connectivity index (χ2v) is 8.71. The number of fused-ring (bicyclic) bond motifs is 5. The summed E-state index contributed by atoms with van der Waals surface area (Å²) in [5.74, 6) is 0.817. The molecule has 148 valence electrons. The van der Waals surface area contributed by atoms with Gasteiger partial charge in [-0.1, -0.05) is 74.6 Å². The van der Waals surface area contributed by atoms with Gasteiger partial charge in [-0.3, -0.25) is 4.98 Å². The molecule has 0 amide bonds. The van der Waals surface area contributed by atoms with Gasteiger partial charge in [0, 0.05) is 22.5 Å². The SMILES string of the molecule is c1ccc2c(c1)cc(-c1cc(CC3CCCCC3)ccn1)c1oc3ccccc3c12. The maximum Gasteiger partial charge on any atom is 0.145 e. The van der Waals surface area contributed by atoms with Gasteiger partial charge in [-0.25, -0.2) is 0 Å². The molecule has 2 aromatic heterocycles. The first-order valence-electron chi connectivity index (χ1n) is 11.1. The Hall–Kier alpha value is -3.13. The van der Waals surface area contributed by atoms with Crippen molar-refractivity contribution in [3.63, 3.8) is 0 Å². The van der Waals surface area contributed by atoms with E-state index in [9.17, 15) is 0 Å². The summed E-state index contributed by atoms with van der Waals surface area (Å²) in [6.45, 7) is 0. The van der Waals surface area contributed by atoms with Crippen molar-refractivity contribution in [2.24, 2.45) is 5.92 Å². The van der Waals surface area contributed by atoms with Gasteiger partial charge in [0.15, 0.2) is 0 Å². The third-order valence-electron chi connectivity index (χ3n) is 6.72. The van der Waals surface area contributed by atoms with Crippen LogP contribution in [-0.2, 0) is 6.42 Å². The third-order valence-corrected chi connectivity index (χ3v) is 6.72. The second-order valence-electron chi connectivity index (χ2n) is 8.71. The van der Waals surface area contributed by atoms with Crippen LogP contribution in [0, 0.1) is 5.92 Å². The minimum absolute atomic E-state index is 0.817. The van der Waals surface area contributed by atoms with Gasteiger partial charge in [0.1, 0.15) is 11.2 Å². The lowest BCUT2D eigenvalue weighted by Gasteiger charge is -2.21. The first-order chi connectivity index (χ1) is 14.9. The molecule has 0 unspecified atom stereocenters. The summed E-state index contributed by atoms with van der Waals surface area (Å²) >= 11 is 0. The van der Waals surface area contributed by atoms with Crippen molar-refractivity contribution in [1.29, 1.82) is 0 Å². The summed E-state index contributed by atoms with van der Waals surface area (Å²) < 4.78 is 6.40. The number of aromatic nitrogens is 1. The van der Waals surface area contributed by atoms with Crippen LogP contribution in [0.2, 0.25) is 0 Å². The predicted octanol–water partition coefficient (Wildman–Crippen LogP) is 7.92. The van der Waals surface area contributed by atoms with Gasteiger partial charge < -0.3 is 4.42 Å². The van der Waals surface area contributed by atoms with E-state index in [0.29, 0.717) is 0 Å². The fourth-order valence-corrected chi connectivity index (χ4v) is 5.24. The highest BCUT2D eigenvalue weighted by Crippen LogP contribution is 2.40. The van der Waals surface area contributed by atoms with E-state index < -0.39 is 0 Å². The number of hydrogen-bond donors (Lipinski definition) is 0. The number of hydrogen-bond acceptors (Lipinski definition) is 2. The molecular formula is C28H25NO. The number of nitrogens with zero attached hydrogens (tertiary/aromatic N) is 1. The summed E-state index contributed by atoms with van der Waals surface area (Å²) in [6.07, 6.45) is 10.0. The molecule has 1 aliphatic rings. The van der Waals surface area contributed by atoms with E-state index in [1.807, 2.05) is 12.3 Å². The molecule has 2 heterocycles. The van der Waals surface area contributed by atoms with Crippen molar-refractivity contribution >= 4 is 32.7 Å². The highest BCUT2D eigenvalue weighted by Gasteiger charge is 2.18. The van der Waals surface area contributed by atoms with Crippen LogP contribution in [0.3, 0.4) is 0 Å². The van der Waals surface area contributed by atoms with Crippen molar-refractivity contribution in [3.05, 3.63) is 78.5 Å². The van der Waals surface area contributed by atoms with Crippen LogP contribution in [-0.4, -0.2) is 4.98 Å². The van der Waals surface area contributed by atoms with Crippen LogP contribution in [0.25, 0.3) is 44.0 Å². The average Bonchev–Trinajstić information content (AvgIpc) is 3.19. The molecule has 0 saturated heterocycles. The zero-order valence-corrected chi connectivity index (χ0v) is 17.1. The Bertz CT molecular complexity index is 1360. The smallest absolute Gasteiger partial charge is 0.145 e. The summed E-state index contributed by atoms with van der Waals surface area (Å²) in [6, 6.07) is 23.6. The van der Waals surface area contributed by atoms with Crippen molar-refractivity contribution in [3.8, 4) is 11.3 Å². The van der Waals surface area contributed by atoms with Crippen LogP contribution in [0.15, 0.2) is 77.3 Å². The number of benzene rings is 3. The van der Waals surface area contributed by atoms with E-state index in [0.717, 1.165) is 34.8 Å². The third kappa shape index (κ3) is 2.99. The Labute approximate surface area is 176 Å².